The van der Waals surface area contributed by atoms with Crippen LogP contribution in [0.25, 0.3) is 11.5 Å². The molecule has 0 saturated heterocycles. The first-order chi connectivity index (χ1) is 10.9. The van der Waals surface area contributed by atoms with E-state index in [0.717, 1.165) is 11.8 Å². The predicted molar refractivity (Wildman–Crippen MR) is 83.9 cm³/mol. The van der Waals surface area contributed by atoms with E-state index in [0.29, 0.717) is 17.2 Å². The number of furan rings is 1. The Kier molecular flexibility index (Phi) is 5.43. The Morgan fingerprint density at radius 1 is 1.26 bits per heavy atom. The van der Waals surface area contributed by atoms with Gasteiger partial charge in [-0.3, -0.25) is 10.1 Å². The molecule has 2 aromatic heterocycles. The van der Waals surface area contributed by atoms with Gasteiger partial charge in [0, 0.05) is 6.04 Å². The van der Waals surface area contributed by atoms with E-state index in [1.165, 1.54) is 6.26 Å². The molecule has 3 amide bonds. The van der Waals surface area contributed by atoms with Crippen LogP contribution in [0.2, 0.25) is 0 Å². The Morgan fingerprint density at radius 3 is 2.61 bits per heavy atom. The molecule has 0 aliphatic rings. The highest BCUT2D eigenvalue weighted by Gasteiger charge is 2.21. The minimum Gasteiger partial charge on any atom is -0.469 e. The Labute approximate surface area is 137 Å². The van der Waals surface area contributed by atoms with Crippen LogP contribution in [0.15, 0.2) is 26.4 Å². The maximum atomic E-state index is 11.9. The van der Waals surface area contributed by atoms with Crippen molar-refractivity contribution in [3.63, 3.8) is 0 Å². The number of amides is 3. The van der Waals surface area contributed by atoms with Crippen LogP contribution in [0.1, 0.15) is 26.5 Å². The first-order valence-electron chi connectivity index (χ1n) is 7.02. The topological polar surface area (TPSA) is 110 Å². The highest BCUT2D eigenvalue weighted by Crippen LogP contribution is 2.28. The van der Waals surface area contributed by atoms with Crippen molar-refractivity contribution in [2.75, 3.05) is 0 Å². The van der Waals surface area contributed by atoms with Gasteiger partial charge in [-0.2, -0.15) is 0 Å². The molecule has 0 aliphatic heterocycles. The Balaban J connectivity index is 1.94. The summed E-state index contributed by atoms with van der Waals surface area (Å²) in [6.07, 6.45) is 1.53. The summed E-state index contributed by atoms with van der Waals surface area (Å²) in [5.41, 5.74) is 0.706. The molecule has 0 radical (unpaired) electrons. The molecule has 23 heavy (non-hydrogen) atoms. The highest BCUT2D eigenvalue weighted by atomic mass is 32.2. The standard InChI is InChI=1S/C14H18N4O4S/c1-7(2)15-13(20)16-11(19)9(4)23-14-18-17-12(22-14)10-5-6-21-8(10)3/h5-7,9H,1-4H3,(H2,15,16,19,20)/t9-/m1/s1. The molecule has 0 unspecified atom stereocenters. The van der Waals surface area contributed by atoms with Crippen molar-refractivity contribution in [3.05, 3.63) is 18.1 Å². The molecule has 1 atom stereocenters. The van der Waals surface area contributed by atoms with E-state index in [9.17, 15) is 9.59 Å². The molecule has 0 spiro atoms. The smallest absolute Gasteiger partial charge is 0.321 e. The zero-order chi connectivity index (χ0) is 17.0. The number of thioether (sulfide) groups is 1. The van der Waals surface area contributed by atoms with Gasteiger partial charge in [-0.15, -0.1) is 10.2 Å². The second-order valence-electron chi connectivity index (χ2n) is 5.14. The first-order valence-corrected chi connectivity index (χ1v) is 7.90. The molecule has 2 rings (SSSR count). The van der Waals surface area contributed by atoms with E-state index in [4.69, 9.17) is 8.83 Å². The van der Waals surface area contributed by atoms with Crippen molar-refractivity contribution in [1.82, 2.24) is 20.8 Å². The van der Waals surface area contributed by atoms with Gasteiger partial charge < -0.3 is 14.2 Å². The van der Waals surface area contributed by atoms with Crippen LogP contribution in [-0.4, -0.2) is 33.4 Å². The van der Waals surface area contributed by atoms with E-state index in [1.807, 2.05) is 0 Å². The Morgan fingerprint density at radius 2 is 2.00 bits per heavy atom. The summed E-state index contributed by atoms with van der Waals surface area (Å²) in [6, 6.07) is 1.14. The maximum Gasteiger partial charge on any atom is 0.321 e. The third-order valence-electron chi connectivity index (χ3n) is 2.80. The first kappa shape index (κ1) is 17.1. The van der Waals surface area contributed by atoms with Crippen molar-refractivity contribution in [3.8, 4) is 11.5 Å². The molecule has 9 heteroatoms. The maximum absolute atomic E-state index is 11.9. The van der Waals surface area contributed by atoms with E-state index in [-0.39, 0.29) is 11.3 Å². The lowest BCUT2D eigenvalue weighted by atomic mass is 10.3. The van der Waals surface area contributed by atoms with Gasteiger partial charge in [0.1, 0.15) is 5.76 Å². The Hall–Kier alpha value is -2.29. The molecule has 0 bridgehead atoms. The summed E-state index contributed by atoms with van der Waals surface area (Å²) in [7, 11) is 0. The zero-order valence-corrected chi connectivity index (χ0v) is 14.1. The van der Waals surface area contributed by atoms with Crippen LogP contribution >= 0.6 is 11.8 Å². The van der Waals surface area contributed by atoms with Crippen LogP contribution in [0.4, 0.5) is 4.79 Å². The number of nitrogens with zero attached hydrogens (tertiary/aromatic N) is 2. The number of imide groups is 1. The minimum absolute atomic E-state index is 0.0533. The summed E-state index contributed by atoms with van der Waals surface area (Å²) < 4.78 is 10.7. The molecule has 2 heterocycles. The molecular weight excluding hydrogens is 320 g/mol. The number of nitrogens with one attached hydrogen (secondary N) is 2. The third-order valence-corrected chi connectivity index (χ3v) is 3.73. The van der Waals surface area contributed by atoms with Crippen LogP contribution in [0.3, 0.4) is 0 Å². The van der Waals surface area contributed by atoms with Crippen LogP contribution in [0, 0.1) is 6.92 Å². The number of hydrogen-bond donors (Lipinski definition) is 2. The summed E-state index contributed by atoms with van der Waals surface area (Å²) in [5.74, 6) is 0.553. The van der Waals surface area contributed by atoms with Crippen LogP contribution in [0.5, 0.6) is 0 Å². The van der Waals surface area contributed by atoms with Crippen molar-refractivity contribution in [2.24, 2.45) is 0 Å². The quantitative estimate of drug-likeness (QED) is 0.805. The zero-order valence-electron chi connectivity index (χ0n) is 13.2. The Bertz CT molecular complexity index is 695. The fourth-order valence-corrected chi connectivity index (χ4v) is 2.37. The number of carbonyl (C=O) groups excluding carboxylic acids is 2. The number of hydrogen-bond acceptors (Lipinski definition) is 7. The summed E-state index contributed by atoms with van der Waals surface area (Å²) in [5, 5.41) is 12.3. The second-order valence-corrected chi connectivity index (χ2v) is 6.43. The largest absolute Gasteiger partial charge is 0.469 e. The molecule has 0 saturated carbocycles. The number of aryl methyl sites for hydroxylation is 1. The SMILES string of the molecule is Cc1occc1-c1nnc(S[C@H](C)C(=O)NC(=O)NC(C)C)o1. The number of aromatic nitrogens is 2. The average Bonchev–Trinajstić information content (AvgIpc) is 3.06. The van der Waals surface area contributed by atoms with Gasteiger partial charge in [-0.1, -0.05) is 11.8 Å². The van der Waals surface area contributed by atoms with Crippen LogP contribution < -0.4 is 10.6 Å². The highest BCUT2D eigenvalue weighted by molar-refractivity contribution is 8.00. The van der Waals surface area contributed by atoms with E-state index in [2.05, 4.69) is 20.8 Å². The van der Waals surface area contributed by atoms with Crippen molar-refractivity contribution >= 4 is 23.7 Å². The minimum atomic E-state index is -0.563. The fourth-order valence-electron chi connectivity index (χ4n) is 1.69. The predicted octanol–water partition coefficient (Wildman–Crippen LogP) is 2.35. The molecule has 0 fully saturated rings. The van der Waals surface area contributed by atoms with Gasteiger partial charge in [-0.25, -0.2) is 4.79 Å². The summed E-state index contributed by atoms with van der Waals surface area (Å²) >= 11 is 1.07. The van der Waals surface area contributed by atoms with E-state index >= 15 is 0 Å². The number of urea groups is 1. The monoisotopic (exact) mass is 338 g/mol. The molecule has 2 aromatic rings. The second kappa shape index (κ2) is 7.32. The lowest BCUT2D eigenvalue weighted by molar-refractivity contribution is -0.119. The van der Waals surface area contributed by atoms with E-state index < -0.39 is 17.2 Å². The normalized spacial score (nSPS) is 12.2. The molecule has 8 nitrogen and oxygen atoms in total. The molecule has 0 aromatic carbocycles. The van der Waals surface area contributed by atoms with Gasteiger partial charge >= 0.3 is 6.03 Å². The molecule has 0 aliphatic carbocycles. The average molecular weight is 338 g/mol. The third kappa shape index (κ3) is 4.59. The van der Waals surface area contributed by atoms with Gasteiger partial charge in [0.05, 0.1) is 17.1 Å². The van der Waals surface area contributed by atoms with Gasteiger partial charge in [0.2, 0.25) is 5.91 Å². The van der Waals surface area contributed by atoms with Gasteiger partial charge in [0.15, 0.2) is 0 Å². The van der Waals surface area contributed by atoms with Gasteiger partial charge in [0.25, 0.3) is 11.1 Å². The molecular formula is C14H18N4O4S. The summed E-state index contributed by atoms with van der Waals surface area (Å²) in [4.78, 5) is 23.4. The van der Waals surface area contributed by atoms with Crippen molar-refractivity contribution in [2.45, 2.75) is 44.2 Å². The lowest BCUT2D eigenvalue weighted by Crippen LogP contribution is -2.45. The van der Waals surface area contributed by atoms with E-state index in [1.54, 1.807) is 33.8 Å². The lowest BCUT2D eigenvalue weighted by Gasteiger charge is -2.11. The fraction of sp³-hybridized carbons (Fsp3) is 0.429. The van der Waals surface area contributed by atoms with Gasteiger partial charge in [-0.05, 0) is 33.8 Å². The molecule has 2 N–H and O–H groups in total. The number of carbonyl (C=O) groups is 2. The summed E-state index contributed by atoms with van der Waals surface area (Å²) in [6.45, 7) is 7.05. The number of rotatable bonds is 5. The molecule has 124 valence electrons. The van der Waals surface area contributed by atoms with Crippen LogP contribution in [-0.2, 0) is 4.79 Å². The van der Waals surface area contributed by atoms with Crippen molar-refractivity contribution < 1.29 is 18.4 Å². The van der Waals surface area contributed by atoms with Crippen molar-refractivity contribution in [1.29, 1.82) is 0 Å².